The number of pyridine rings is 1. The second kappa shape index (κ2) is 6.00. The molecule has 0 saturated carbocycles. The number of fused-ring (bicyclic) bond motifs is 1. The second-order valence-electron chi connectivity index (χ2n) is 5.12. The Bertz CT molecular complexity index is 892. The van der Waals surface area contributed by atoms with Crippen LogP contribution < -0.4 is 5.56 Å². The number of hydrogen-bond donors (Lipinski definition) is 1. The van der Waals surface area contributed by atoms with E-state index in [0.717, 1.165) is 22.2 Å². The van der Waals surface area contributed by atoms with Crippen LogP contribution in [-0.2, 0) is 7.05 Å². The van der Waals surface area contributed by atoms with E-state index in [1.54, 1.807) is 23.8 Å². The van der Waals surface area contributed by atoms with Gasteiger partial charge in [0.2, 0.25) is 0 Å². The van der Waals surface area contributed by atoms with Crippen LogP contribution in [-0.4, -0.2) is 16.3 Å². The molecule has 1 aromatic heterocycles. The van der Waals surface area contributed by atoms with Gasteiger partial charge >= 0.3 is 0 Å². The van der Waals surface area contributed by atoms with Crippen LogP contribution in [0.25, 0.3) is 28.0 Å². The van der Waals surface area contributed by atoms with E-state index in [-0.39, 0.29) is 12.2 Å². The summed E-state index contributed by atoms with van der Waals surface area (Å²) in [6.07, 6.45) is 3.45. The largest absolute Gasteiger partial charge is 0.392 e. The average Bonchev–Trinajstić information content (AvgIpc) is 2.57. The molecule has 1 heterocycles. The first kappa shape index (κ1) is 14.3. The summed E-state index contributed by atoms with van der Waals surface area (Å²) in [5.41, 5.74) is 2.81. The summed E-state index contributed by atoms with van der Waals surface area (Å²) in [7, 11) is 1.76. The summed E-state index contributed by atoms with van der Waals surface area (Å²) in [5.74, 6) is 0. The standard InChI is InChI=1S/C19H17NO2/c1-20-17(12-7-13-21)18(14-8-3-2-4-9-14)15-10-5-6-11-16(15)19(20)22/h2-12,21H,13H2,1H3/b12-7+. The fourth-order valence-corrected chi connectivity index (χ4v) is 2.75. The highest BCUT2D eigenvalue weighted by Crippen LogP contribution is 2.30. The first-order valence-corrected chi connectivity index (χ1v) is 7.18. The van der Waals surface area contributed by atoms with Crippen LogP contribution >= 0.6 is 0 Å². The molecule has 0 aliphatic carbocycles. The van der Waals surface area contributed by atoms with E-state index in [1.165, 1.54) is 0 Å². The van der Waals surface area contributed by atoms with Crippen LogP contribution in [0, 0.1) is 0 Å². The summed E-state index contributed by atoms with van der Waals surface area (Å²) in [6.45, 7) is -0.0603. The van der Waals surface area contributed by atoms with Gasteiger partial charge in [-0.15, -0.1) is 0 Å². The molecule has 3 aromatic rings. The third-order valence-electron chi connectivity index (χ3n) is 3.79. The minimum Gasteiger partial charge on any atom is -0.392 e. The smallest absolute Gasteiger partial charge is 0.258 e. The molecule has 3 heteroatoms. The second-order valence-corrected chi connectivity index (χ2v) is 5.12. The number of hydrogen-bond acceptors (Lipinski definition) is 2. The molecule has 0 saturated heterocycles. The molecule has 2 aromatic carbocycles. The maximum atomic E-state index is 12.6. The van der Waals surface area contributed by atoms with E-state index in [9.17, 15) is 4.79 Å². The molecular formula is C19H17NO2. The Hall–Kier alpha value is -2.65. The molecule has 0 aliphatic heterocycles. The third-order valence-corrected chi connectivity index (χ3v) is 3.79. The molecule has 0 aliphatic rings. The van der Waals surface area contributed by atoms with Gasteiger partial charge in [0.1, 0.15) is 0 Å². The van der Waals surface area contributed by atoms with Crippen LogP contribution in [0.4, 0.5) is 0 Å². The molecule has 0 amide bonds. The Kier molecular flexibility index (Phi) is 3.90. The highest BCUT2D eigenvalue weighted by Gasteiger charge is 2.13. The van der Waals surface area contributed by atoms with Crippen LogP contribution in [0.5, 0.6) is 0 Å². The van der Waals surface area contributed by atoms with Gasteiger partial charge in [0.25, 0.3) is 5.56 Å². The lowest BCUT2D eigenvalue weighted by Gasteiger charge is -2.15. The van der Waals surface area contributed by atoms with Crippen molar-refractivity contribution in [3.05, 3.63) is 76.7 Å². The molecule has 0 fully saturated rings. The first-order chi connectivity index (χ1) is 10.7. The van der Waals surface area contributed by atoms with Crippen molar-refractivity contribution >= 4 is 16.8 Å². The quantitative estimate of drug-likeness (QED) is 0.805. The highest BCUT2D eigenvalue weighted by molar-refractivity contribution is 5.99. The first-order valence-electron chi connectivity index (χ1n) is 7.18. The van der Waals surface area contributed by atoms with E-state index >= 15 is 0 Å². The number of aliphatic hydroxyl groups is 1. The Morgan fingerprint density at radius 1 is 1.00 bits per heavy atom. The fraction of sp³-hybridized carbons (Fsp3) is 0.105. The Labute approximate surface area is 128 Å². The summed E-state index contributed by atoms with van der Waals surface area (Å²) >= 11 is 0. The number of benzene rings is 2. The van der Waals surface area contributed by atoms with E-state index < -0.39 is 0 Å². The summed E-state index contributed by atoms with van der Waals surface area (Å²) in [4.78, 5) is 12.6. The molecule has 1 N–H and O–H groups in total. The van der Waals surface area contributed by atoms with Crippen molar-refractivity contribution in [3.8, 4) is 11.1 Å². The minimum atomic E-state index is -0.0603. The zero-order valence-corrected chi connectivity index (χ0v) is 12.4. The van der Waals surface area contributed by atoms with E-state index in [4.69, 9.17) is 5.11 Å². The van der Waals surface area contributed by atoms with Crippen LogP contribution in [0.1, 0.15) is 5.69 Å². The van der Waals surface area contributed by atoms with Gasteiger partial charge < -0.3 is 9.67 Å². The van der Waals surface area contributed by atoms with E-state index in [0.29, 0.717) is 5.39 Å². The normalized spacial score (nSPS) is 11.4. The number of nitrogens with zero attached hydrogens (tertiary/aromatic N) is 1. The Morgan fingerprint density at radius 2 is 1.64 bits per heavy atom. The average molecular weight is 291 g/mol. The monoisotopic (exact) mass is 291 g/mol. The van der Waals surface area contributed by atoms with Crippen LogP contribution in [0.2, 0.25) is 0 Å². The van der Waals surface area contributed by atoms with Crippen molar-refractivity contribution in [2.45, 2.75) is 0 Å². The lowest BCUT2D eigenvalue weighted by atomic mass is 9.96. The van der Waals surface area contributed by atoms with Gasteiger partial charge in [-0.2, -0.15) is 0 Å². The van der Waals surface area contributed by atoms with Crippen molar-refractivity contribution in [3.63, 3.8) is 0 Å². The third kappa shape index (κ3) is 2.36. The van der Waals surface area contributed by atoms with E-state index in [2.05, 4.69) is 0 Å². The van der Waals surface area contributed by atoms with Crippen molar-refractivity contribution in [2.24, 2.45) is 7.05 Å². The van der Waals surface area contributed by atoms with Crippen molar-refractivity contribution in [2.75, 3.05) is 6.61 Å². The molecular weight excluding hydrogens is 274 g/mol. The van der Waals surface area contributed by atoms with Gasteiger partial charge in [-0.05, 0) is 23.1 Å². The summed E-state index contributed by atoms with van der Waals surface area (Å²) in [5, 5.41) is 10.7. The van der Waals surface area contributed by atoms with Gasteiger partial charge in [0, 0.05) is 18.0 Å². The van der Waals surface area contributed by atoms with Gasteiger partial charge in [-0.25, -0.2) is 0 Å². The van der Waals surface area contributed by atoms with Crippen LogP contribution in [0.3, 0.4) is 0 Å². The molecule has 22 heavy (non-hydrogen) atoms. The van der Waals surface area contributed by atoms with Gasteiger partial charge in [0.05, 0.1) is 12.3 Å². The molecule has 3 nitrogen and oxygen atoms in total. The Morgan fingerprint density at radius 3 is 2.32 bits per heavy atom. The van der Waals surface area contributed by atoms with Gasteiger partial charge in [-0.1, -0.05) is 54.6 Å². The van der Waals surface area contributed by atoms with E-state index in [1.807, 2.05) is 54.6 Å². The number of rotatable bonds is 3. The summed E-state index contributed by atoms with van der Waals surface area (Å²) < 4.78 is 1.64. The topological polar surface area (TPSA) is 42.2 Å². The Balaban J connectivity index is 2.48. The zero-order valence-electron chi connectivity index (χ0n) is 12.4. The van der Waals surface area contributed by atoms with Gasteiger partial charge in [0.15, 0.2) is 0 Å². The fourth-order valence-electron chi connectivity index (χ4n) is 2.75. The maximum Gasteiger partial charge on any atom is 0.258 e. The minimum absolute atomic E-state index is 0.0344. The van der Waals surface area contributed by atoms with Crippen molar-refractivity contribution in [1.29, 1.82) is 0 Å². The highest BCUT2D eigenvalue weighted by atomic mass is 16.2. The maximum absolute atomic E-state index is 12.6. The molecule has 0 radical (unpaired) electrons. The molecule has 3 rings (SSSR count). The molecule has 110 valence electrons. The summed E-state index contributed by atoms with van der Waals surface area (Å²) in [6, 6.07) is 17.6. The molecule has 0 atom stereocenters. The van der Waals surface area contributed by atoms with Crippen LogP contribution in [0.15, 0.2) is 65.5 Å². The van der Waals surface area contributed by atoms with Crippen molar-refractivity contribution < 1.29 is 5.11 Å². The van der Waals surface area contributed by atoms with Gasteiger partial charge in [-0.3, -0.25) is 4.79 Å². The molecule has 0 unspecified atom stereocenters. The predicted molar refractivity (Wildman–Crippen MR) is 90.7 cm³/mol. The predicted octanol–water partition coefficient (Wildman–Crippen LogP) is 3.21. The SMILES string of the molecule is Cn1c(/C=C/CO)c(-c2ccccc2)c2ccccc2c1=O. The van der Waals surface area contributed by atoms with Crippen molar-refractivity contribution in [1.82, 2.24) is 4.57 Å². The number of aliphatic hydroxyl groups excluding tert-OH is 1. The number of aromatic nitrogens is 1. The molecule has 0 bridgehead atoms. The zero-order chi connectivity index (χ0) is 15.5. The lowest BCUT2D eigenvalue weighted by Crippen LogP contribution is -2.20. The lowest BCUT2D eigenvalue weighted by molar-refractivity contribution is 0.343. The molecule has 0 spiro atoms.